The topological polar surface area (TPSA) is 55.4 Å². The van der Waals surface area contributed by atoms with E-state index in [1.807, 2.05) is 24.4 Å². The molecule has 0 bridgehead atoms. The lowest BCUT2D eigenvalue weighted by molar-refractivity contribution is -0.134. The van der Waals surface area contributed by atoms with E-state index in [0.717, 1.165) is 5.56 Å². The quantitative estimate of drug-likeness (QED) is 0.495. The van der Waals surface area contributed by atoms with E-state index in [1.54, 1.807) is 18.2 Å². The lowest BCUT2D eigenvalue weighted by Crippen LogP contribution is -2.24. The lowest BCUT2D eigenvalue weighted by atomic mass is 10.2. The SMILES string of the molecule is Cc1ccc(Cl)c(OC(=O)CCCNC(=O)c2cccs2)c1. The van der Waals surface area contributed by atoms with Gasteiger partial charge >= 0.3 is 5.97 Å². The number of thiophene rings is 1. The number of rotatable bonds is 6. The predicted molar refractivity (Wildman–Crippen MR) is 87.7 cm³/mol. The fraction of sp³-hybridized carbons (Fsp3) is 0.250. The van der Waals surface area contributed by atoms with Crippen molar-refractivity contribution in [1.82, 2.24) is 5.32 Å². The van der Waals surface area contributed by atoms with Crippen LogP contribution in [0.5, 0.6) is 5.75 Å². The summed E-state index contributed by atoms with van der Waals surface area (Å²) in [6, 6.07) is 8.84. The molecule has 0 aliphatic carbocycles. The van der Waals surface area contributed by atoms with E-state index in [-0.39, 0.29) is 18.3 Å². The normalized spacial score (nSPS) is 10.3. The van der Waals surface area contributed by atoms with Crippen LogP contribution in [0.2, 0.25) is 5.02 Å². The van der Waals surface area contributed by atoms with E-state index in [9.17, 15) is 9.59 Å². The molecule has 0 saturated heterocycles. The number of benzene rings is 1. The number of hydrogen-bond donors (Lipinski definition) is 1. The number of esters is 1. The largest absolute Gasteiger partial charge is 0.425 e. The summed E-state index contributed by atoms with van der Waals surface area (Å²) in [7, 11) is 0. The summed E-state index contributed by atoms with van der Waals surface area (Å²) < 4.78 is 5.22. The Balaban J connectivity index is 1.72. The van der Waals surface area contributed by atoms with Gasteiger partial charge in [-0.2, -0.15) is 0 Å². The van der Waals surface area contributed by atoms with Gasteiger partial charge < -0.3 is 10.1 Å². The molecule has 1 aromatic carbocycles. The molecule has 2 rings (SSSR count). The van der Waals surface area contributed by atoms with Crippen LogP contribution >= 0.6 is 22.9 Å². The highest BCUT2D eigenvalue weighted by Crippen LogP contribution is 2.25. The van der Waals surface area contributed by atoms with Crippen LogP contribution in [0.3, 0.4) is 0 Å². The molecule has 0 saturated carbocycles. The van der Waals surface area contributed by atoms with Gasteiger partial charge in [0, 0.05) is 13.0 Å². The second-order valence-corrected chi connectivity index (χ2v) is 6.10. The van der Waals surface area contributed by atoms with Gasteiger partial charge in [-0.05, 0) is 42.5 Å². The first-order chi connectivity index (χ1) is 10.6. The number of carbonyl (C=O) groups is 2. The van der Waals surface area contributed by atoms with Crippen LogP contribution in [0.25, 0.3) is 0 Å². The van der Waals surface area contributed by atoms with Gasteiger partial charge in [0.05, 0.1) is 9.90 Å². The third kappa shape index (κ3) is 4.86. The van der Waals surface area contributed by atoms with Gasteiger partial charge in [0.25, 0.3) is 5.91 Å². The summed E-state index contributed by atoms with van der Waals surface area (Å²) >= 11 is 7.35. The Kier molecular flexibility index (Phi) is 5.98. The summed E-state index contributed by atoms with van der Waals surface area (Å²) in [6.45, 7) is 2.32. The fourth-order valence-corrected chi connectivity index (χ4v) is 2.59. The molecule has 0 spiro atoms. The number of hydrogen-bond acceptors (Lipinski definition) is 4. The average molecular weight is 338 g/mol. The van der Waals surface area contributed by atoms with E-state index >= 15 is 0 Å². The Morgan fingerprint density at radius 3 is 2.86 bits per heavy atom. The molecule has 0 radical (unpaired) electrons. The minimum Gasteiger partial charge on any atom is -0.425 e. The van der Waals surface area contributed by atoms with Crippen molar-refractivity contribution in [3.05, 3.63) is 51.2 Å². The van der Waals surface area contributed by atoms with Crippen molar-refractivity contribution in [3.8, 4) is 5.75 Å². The van der Waals surface area contributed by atoms with Crippen molar-refractivity contribution in [2.75, 3.05) is 6.54 Å². The van der Waals surface area contributed by atoms with Gasteiger partial charge in [-0.25, -0.2) is 0 Å². The van der Waals surface area contributed by atoms with Gasteiger partial charge in [-0.15, -0.1) is 11.3 Å². The van der Waals surface area contributed by atoms with E-state index in [2.05, 4.69) is 5.32 Å². The Hall–Kier alpha value is -1.85. The predicted octanol–water partition coefficient (Wildman–Crippen LogP) is 3.83. The molecule has 0 atom stereocenters. The molecule has 1 heterocycles. The van der Waals surface area contributed by atoms with Crippen molar-refractivity contribution in [1.29, 1.82) is 0 Å². The van der Waals surface area contributed by atoms with Crippen LogP contribution in [0, 0.1) is 6.92 Å². The molecule has 0 unspecified atom stereocenters. The molecule has 0 fully saturated rings. The van der Waals surface area contributed by atoms with Gasteiger partial charge in [0.15, 0.2) is 0 Å². The minimum atomic E-state index is -0.363. The molecule has 0 aliphatic rings. The zero-order valence-electron chi connectivity index (χ0n) is 12.1. The van der Waals surface area contributed by atoms with Crippen LogP contribution < -0.4 is 10.1 Å². The molecule has 22 heavy (non-hydrogen) atoms. The minimum absolute atomic E-state index is 0.120. The van der Waals surface area contributed by atoms with Crippen molar-refractivity contribution < 1.29 is 14.3 Å². The van der Waals surface area contributed by atoms with Crippen molar-refractivity contribution in [2.24, 2.45) is 0 Å². The van der Waals surface area contributed by atoms with Crippen LogP contribution in [-0.4, -0.2) is 18.4 Å². The number of halogens is 1. The number of nitrogens with one attached hydrogen (secondary N) is 1. The summed E-state index contributed by atoms with van der Waals surface area (Å²) in [5, 5.41) is 5.01. The van der Waals surface area contributed by atoms with Crippen molar-refractivity contribution in [2.45, 2.75) is 19.8 Å². The molecule has 1 aromatic heterocycles. The highest BCUT2D eigenvalue weighted by atomic mass is 35.5. The maximum Gasteiger partial charge on any atom is 0.311 e. The van der Waals surface area contributed by atoms with Crippen molar-refractivity contribution in [3.63, 3.8) is 0 Å². The number of carbonyl (C=O) groups excluding carboxylic acids is 2. The Morgan fingerprint density at radius 1 is 1.32 bits per heavy atom. The van der Waals surface area contributed by atoms with Crippen LogP contribution in [-0.2, 0) is 4.79 Å². The van der Waals surface area contributed by atoms with Gasteiger partial charge in [0.1, 0.15) is 5.75 Å². The third-order valence-corrected chi connectivity index (χ3v) is 4.08. The van der Waals surface area contributed by atoms with Crippen LogP contribution in [0.15, 0.2) is 35.7 Å². The summed E-state index contributed by atoms with van der Waals surface area (Å²) in [4.78, 5) is 24.1. The zero-order chi connectivity index (χ0) is 15.9. The summed E-state index contributed by atoms with van der Waals surface area (Å²) in [5.41, 5.74) is 0.968. The molecular formula is C16H16ClNO3S. The van der Waals surface area contributed by atoms with Gasteiger partial charge in [0.2, 0.25) is 0 Å². The third-order valence-electron chi connectivity index (χ3n) is 2.90. The van der Waals surface area contributed by atoms with E-state index in [1.165, 1.54) is 11.3 Å². The van der Waals surface area contributed by atoms with E-state index < -0.39 is 0 Å². The molecule has 1 N–H and O–H groups in total. The van der Waals surface area contributed by atoms with E-state index in [0.29, 0.717) is 28.6 Å². The molecule has 4 nitrogen and oxygen atoms in total. The number of amides is 1. The molecule has 0 aliphatic heterocycles. The maximum absolute atomic E-state index is 11.8. The second kappa shape index (κ2) is 7.96. The Morgan fingerprint density at radius 2 is 2.14 bits per heavy atom. The second-order valence-electron chi connectivity index (χ2n) is 4.74. The number of ether oxygens (including phenoxy) is 1. The first-order valence-corrected chi connectivity index (χ1v) is 8.10. The molecule has 2 aromatic rings. The summed E-state index contributed by atoms with van der Waals surface area (Å²) in [6.07, 6.45) is 0.731. The first-order valence-electron chi connectivity index (χ1n) is 6.85. The monoisotopic (exact) mass is 337 g/mol. The average Bonchev–Trinajstić information content (AvgIpc) is 3.01. The van der Waals surface area contributed by atoms with Crippen LogP contribution in [0.4, 0.5) is 0 Å². The van der Waals surface area contributed by atoms with Gasteiger partial charge in [-0.3, -0.25) is 9.59 Å². The highest BCUT2D eigenvalue weighted by Gasteiger charge is 2.10. The van der Waals surface area contributed by atoms with E-state index in [4.69, 9.17) is 16.3 Å². The highest BCUT2D eigenvalue weighted by molar-refractivity contribution is 7.12. The molecule has 1 amide bonds. The molecule has 6 heteroatoms. The zero-order valence-corrected chi connectivity index (χ0v) is 13.7. The summed E-state index contributed by atoms with van der Waals surface area (Å²) in [5.74, 6) is -0.114. The lowest BCUT2D eigenvalue weighted by Gasteiger charge is -2.07. The fourth-order valence-electron chi connectivity index (χ4n) is 1.79. The van der Waals surface area contributed by atoms with Gasteiger partial charge in [-0.1, -0.05) is 23.7 Å². The Bertz CT molecular complexity index is 655. The Labute approximate surface area is 138 Å². The smallest absolute Gasteiger partial charge is 0.311 e. The maximum atomic E-state index is 11.8. The molecular weight excluding hydrogens is 322 g/mol. The standard InChI is InChI=1S/C16H16ClNO3S/c1-11-6-7-12(17)13(10-11)21-15(19)5-2-8-18-16(20)14-4-3-9-22-14/h3-4,6-7,9-10H,2,5,8H2,1H3,(H,18,20). The van der Waals surface area contributed by atoms with Crippen molar-refractivity contribution >= 4 is 34.8 Å². The first kappa shape index (κ1) is 16.5. The molecule has 116 valence electrons. The number of aryl methyl sites for hydroxylation is 1. The van der Waals surface area contributed by atoms with Crippen LogP contribution in [0.1, 0.15) is 28.1 Å².